The Morgan fingerprint density at radius 1 is 1.19 bits per heavy atom. The molecule has 1 aromatic carbocycles. The lowest BCUT2D eigenvalue weighted by molar-refractivity contribution is -0.161. The third-order valence-electron chi connectivity index (χ3n) is 6.04. The molecule has 0 unspecified atom stereocenters. The third-order valence-corrected chi connectivity index (χ3v) is 6.04. The zero-order chi connectivity index (χ0) is 21.8. The van der Waals surface area contributed by atoms with E-state index in [-0.39, 0.29) is 11.2 Å². The van der Waals surface area contributed by atoms with Gasteiger partial charge >= 0.3 is 0 Å². The van der Waals surface area contributed by atoms with Crippen molar-refractivity contribution in [1.29, 1.82) is 0 Å². The predicted molar refractivity (Wildman–Crippen MR) is 111 cm³/mol. The van der Waals surface area contributed by atoms with E-state index in [1.54, 1.807) is 20.0 Å². The van der Waals surface area contributed by atoms with E-state index in [1.807, 2.05) is 6.07 Å². The lowest BCUT2D eigenvalue weighted by atomic mass is 9.86. The predicted octanol–water partition coefficient (Wildman–Crippen LogP) is 4.56. The first-order valence-electron chi connectivity index (χ1n) is 10.2. The number of benzene rings is 1. The second-order valence-corrected chi connectivity index (χ2v) is 8.23. The number of aromatic nitrogens is 3. The van der Waals surface area contributed by atoms with Crippen LogP contribution in [0.5, 0.6) is 0 Å². The minimum Gasteiger partial charge on any atom is -0.371 e. The van der Waals surface area contributed by atoms with Crippen molar-refractivity contribution in [1.82, 2.24) is 15.0 Å². The minimum atomic E-state index is -2.87. The Labute approximate surface area is 177 Å². The monoisotopic (exact) mass is 429 g/mol. The number of anilines is 2. The number of hydrogen-bond donors (Lipinski definition) is 1. The summed E-state index contributed by atoms with van der Waals surface area (Å²) in [6, 6.07) is 5.36. The maximum absolute atomic E-state index is 14.6. The fraction of sp³-hybridized carbons (Fsp3) is 0.409. The fourth-order valence-corrected chi connectivity index (χ4v) is 4.23. The fourth-order valence-electron chi connectivity index (χ4n) is 4.23. The first kappa shape index (κ1) is 20.0. The summed E-state index contributed by atoms with van der Waals surface area (Å²) < 4.78 is 46.5. The van der Waals surface area contributed by atoms with E-state index in [2.05, 4.69) is 25.2 Å². The van der Waals surface area contributed by atoms with Crippen molar-refractivity contribution in [2.75, 3.05) is 29.9 Å². The molecular formula is C22H22F3N5O. The molecule has 1 N–H and O–H groups in total. The summed E-state index contributed by atoms with van der Waals surface area (Å²) in [6.07, 6.45) is -0.116. The number of halogens is 3. The number of ether oxygens (including phenoxy) is 1. The van der Waals surface area contributed by atoms with Crippen molar-refractivity contribution in [3.63, 3.8) is 0 Å². The van der Waals surface area contributed by atoms with Crippen LogP contribution in [-0.2, 0) is 4.74 Å². The molecule has 2 aromatic heterocycles. The van der Waals surface area contributed by atoms with Gasteiger partial charge in [0, 0.05) is 17.4 Å². The summed E-state index contributed by atoms with van der Waals surface area (Å²) in [4.78, 5) is 15.6. The molecule has 1 atom stereocenters. The average molecular weight is 429 g/mol. The van der Waals surface area contributed by atoms with Crippen LogP contribution in [0.3, 0.4) is 0 Å². The molecule has 2 aliphatic heterocycles. The average Bonchev–Trinajstić information content (AvgIpc) is 2.65. The summed E-state index contributed by atoms with van der Waals surface area (Å²) in [5.74, 6) is 0.934. The summed E-state index contributed by atoms with van der Waals surface area (Å²) in [5, 5.41) is 3.92. The number of nitrogens with zero attached hydrogens (tertiary/aromatic N) is 4. The van der Waals surface area contributed by atoms with Crippen molar-refractivity contribution in [3.05, 3.63) is 53.2 Å². The Morgan fingerprint density at radius 2 is 1.94 bits per heavy atom. The number of pyridine rings is 1. The SMILES string of the molecule is Cc1nc(N[C@H](C)c2cccc(C(F)F)c2F)c2cc(N3CC4(CCO4)C3)ncc2n1. The first-order valence-corrected chi connectivity index (χ1v) is 10.2. The second-order valence-electron chi connectivity index (χ2n) is 8.23. The van der Waals surface area contributed by atoms with Gasteiger partial charge in [0.1, 0.15) is 28.9 Å². The maximum Gasteiger partial charge on any atom is 0.266 e. The van der Waals surface area contributed by atoms with Gasteiger partial charge in [-0.2, -0.15) is 0 Å². The van der Waals surface area contributed by atoms with E-state index in [4.69, 9.17) is 4.74 Å². The summed E-state index contributed by atoms with van der Waals surface area (Å²) in [5.41, 5.74) is 0.181. The molecule has 31 heavy (non-hydrogen) atoms. The van der Waals surface area contributed by atoms with Crippen LogP contribution < -0.4 is 10.2 Å². The van der Waals surface area contributed by atoms with Crippen molar-refractivity contribution >= 4 is 22.5 Å². The Kier molecular flexibility index (Phi) is 4.73. The molecule has 6 nitrogen and oxygen atoms in total. The Balaban J connectivity index is 1.46. The molecule has 9 heteroatoms. The highest BCUT2D eigenvalue weighted by atomic mass is 19.3. The zero-order valence-electron chi connectivity index (χ0n) is 17.2. The number of nitrogens with one attached hydrogen (secondary N) is 1. The molecule has 3 aromatic rings. The second kappa shape index (κ2) is 7.33. The molecule has 5 rings (SSSR count). The lowest BCUT2D eigenvalue weighted by Gasteiger charge is -2.55. The Bertz CT molecular complexity index is 1140. The van der Waals surface area contributed by atoms with Gasteiger partial charge in [-0.15, -0.1) is 0 Å². The molecule has 2 fully saturated rings. The minimum absolute atomic E-state index is 0.0246. The third kappa shape index (κ3) is 3.46. The van der Waals surface area contributed by atoms with E-state index >= 15 is 0 Å². The molecule has 1 spiro atoms. The zero-order valence-corrected chi connectivity index (χ0v) is 17.2. The normalized spacial score (nSPS) is 18.2. The van der Waals surface area contributed by atoms with Gasteiger partial charge in [0.2, 0.25) is 0 Å². The van der Waals surface area contributed by atoms with Crippen molar-refractivity contribution < 1.29 is 17.9 Å². The van der Waals surface area contributed by atoms with Crippen LogP contribution in [-0.4, -0.2) is 40.2 Å². The van der Waals surface area contributed by atoms with Gasteiger partial charge in [-0.3, -0.25) is 0 Å². The van der Waals surface area contributed by atoms with Gasteiger partial charge in [0.25, 0.3) is 6.43 Å². The summed E-state index contributed by atoms with van der Waals surface area (Å²) in [7, 11) is 0. The topological polar surface area (TPSA) is 63.2 Å². The Morgan fingerprint density at radius 3 is 2.61 bits per heavy atom. The van der Waals surface area contributed by atoms with Crippen molar-refractivity contribution in [2.24, 2.45) is 0 Å². The van der Waals surface area contributed by atoms with Gasteiger partial charge < -0.3 is 15.0 Å². The Hall–Kier alpha value is -2.94. The van der Waals surface area contributed by atoms with Crippen LogP contribution in [0.1, 0.15) is 42.8 Å². The number of hydrogen-bond acceptors (Lipinski definition) is 6. The van der Waals surface area contributed by atoms with Crippen molar-refractivity contribution in [2.45, 2.75) is 38.3 Å². The molecule has 162 valence electrons. The van der Waals surface area contributed by atoms with Gasteiger partial charge in [0.15, 0.2) is 0 Å². The number of rotatable bonds is 5. The number of fused-ring (bicyclic) bond motifs is 1. The van der Waals surface area contributed by atoms with Gasteiger partial charge in [-0.1, -0.05) is 18.2 Å². The van der Waals surface area contributed by atoms with Crippen LogP contribution in [0.15, 0.2) is 30.5 Å². The molecule has 0 saturated carbocycles. The highest BCUT2D eigenvalue weighted by molar-refractivity contribution is 5.90. The maximum atomic E-state index is 14.6. The van der Waals surface area contributed by atoms with Crippen LogP contribution in [0, 0.1) is 12.7 Å². The lowest BCUT2D eigenvalue weighted by Crippen LogP contribution is -2.68. The number of aryl methyl sites for hydroxylation is 1. The summed E-state index contributed by atoms with van der Waals surface area (Å²) >= 11 is 0. The van der Waals surface area contributed by atoms with E-state index in [1.165, 1.54) is 12.1 Å². The van der Waals surface area contributed by atoms with E-state index in [0.29, 0.717) is 17.2 Å². The first-order chi connectivity index (χ1) is 14.8. The summed E-state index contributed by atoms with van der Waals surface area (Å²) in [6.45, 7) is 5.87. The van der Waals surface area contributed by atoms with Crippen LogP contribution in [0.2, 0.25) is 0 Å². The number of alkyl halides is 2. The van der Waals surface area contributed by atoms with Gasteiger partial charge in [0.05, 0.1) is 43.0 Å². The molecule has 0 amide bonds. The molecule has 0 aliphatic carbocycles. The van der Waals surface area contributed by atoms with Crippen LogP contribution >= 0.6 is 0 Å². The molecule has 4 heterocycles. The van der Waals surface area contributed by atoms with Crippen LogP contribution in [0.4, 0.5) is 24.8 Å². The van der Waals surface area contributed by atoms with Crippen molar-refractivity contribution in [3.8, 4) is 0 Å². The molecule has 2 saturated heterocycles. The largest absolute Gasteiger partial charge is 0.371 e. The van der Waals surface area contributed by atoms with E-state index in [9.17, 15) is 13.2 Å². The van der Waals surface area contributed by atoms with Gasteiger partial charge in [-0.25, -0.2) is 28.1 Å². The quantitative estimate of drug-likeness (QED) is 0.642. The molecule has 0 bridgehead atoms. The molecule has 2 aliphatic rings. The molecule has 0 radical (unpaired) electrons. The van der Waals surface area contributed by atoms with E-state index < -0.39 is 23.8 Å². The highest BCUT2D eigenvalue weighted by Gasteiger charge is 2.49. The van der Waals surface area contributed by atoms with E-state index in [0.717, 1.165) is 43.4 Å². The standard InChI is InChI=1S/C22H22F3N5O/c1-12(14-4-3-5-15(19(14)23)20(24)25)27-21-16-8-18(26-9-17(16)28-13(2)29-21)30-10-22(11-30)6-7-31-22/h3-5,8-9,12,20H,6-7,10-11H2,1-2H3,(H,27,28,29)/t12-/m1/s1. The van der Waals surface area contributed by atoms with Crippen LogP contribution in [0.25, 0.3) is 10.9 Å². The van der Waals surface area contributed by atoms with Gasteiger partial charge in [-0.05, 0) is 19.9 Å². The molecular weight excluding hydrogens is 407 g/mol. The highest BCUT2D eigenvalue weighted by Crippen LogP contribution is 2.39. The smallest absolute Gasteiger partial charge is 0.266 e.